The maximum absolute atomic E-state index is 15.0. The maximum atomic E-state index is 15.0. The minimum atomic E-state index is -1.09. The zero-order valence-electron chi connectivity index (χ0n) is 16.2. The molecule has 0 bridgehead atoms. The zero-order valence-corrected chi connectivity index (χ0v) is 16.2. The van der Waals surface area contributed by atoms with Crippen molar-refractivity contribution in [2.45, 2.75) is 53.1 Å². The Balaban J connectivity index is 2.29. The molecule has 2 N–H and O–H groups in total. The van der Waals surface area contributed by atoms with Gasteiger partial charge in [0.05, 0.1) is 6.61 Å². The zero-order chi connectivity index (χ0) is 20.8. The highest BCUT2D eigenvalue weighted by atomic mass is 19.1. The number of halogens is 1. The summed E-state index contributed by atoms with van der Waals surface area (Å²) in [6.07, 6.45) is 1.57. The third-order valence-electron chi connectivity index (χ3n) is 4.18. The van der Waals surface area contributed by atoms with Gasteiger partial charge in [-0.3, -0.25) is 14.2 Å². The number of rotatable bonds is 5. The summed E-state index contributed by atoms with van der Waals surface area (Å²) in [4.78, 5) is 37.5. The van der Waals surface area contributed by atoms with Crippen molar-refractivity contribution in [3.63, 3.8) is 0 Å². The summed E-state index contributed by atoms with van der Waals surface area (Å²) in [7, 11) is 0. The van der Waals surface area contributed by atoms with Crippen LogP contribution in [0.25, 0.3) is 5.65 Å². The highest BCUT2D eigenvalue weighted by Gasteiger charge is 2.33. The Labute approximate surface area is 160 Å². The smallest absolute Gasteiger partial charge is 0.362 e. The molecule has 1 amide bonds. The monoisotopic (exact) mass is 394 g/mol. The van der Waals surface area contributed by atoms with Crippen LogP contribution in [0.4, 0.5) is 4.39 Å². The fourth-order valence-electron chi connectivity index (χ4n) is 2.84. The van der Waals surface area contributed by atoms with Gasteiger partial charge in [-0.2, -0.15) is 9.61 Å². The standard InChI is InChI=1S/C18H23FN4O5/c1-5-28-17(27)12-11(19)14-22(8-18(2,3)4)15(25)10(16(26)23(14)21-12)13(24)20-9-6-7-9/h9,26H,5-8H2,1-4H3,(H,20,24). The number of amides is 1. The molecule has 0 saturated heterocycles. The summed E-state index contributed by atoms with van der Waals surface area (Å²) >= 11 is 0. The van der Waals surface area contributed by atoms with Gasteiger partial charge in [-0.1, -0.05) is 20.8 Å². The second-order valence-corrected chi connectivity index (χ2v) is 8.02. The third kappa shape index (κ3) is 3.58. The van der Waals surface area contributed by atoms with Crippen molar-refractivity contribution in [3.8, 4) is 5.88 Å². The van der Waals surface area contributed by atoms with Crippen LogP contribution in [0, 0.1) is 11.2 Å². The minimum Gasteiger partial charge on any atom is -0.492 e. The van der Waals surface area contributed by atoms with Gasteiger partial charge in [0.15, 0.2) is 11.2 Å². The molecule has 1 aliphatic rings. The van der Waals surface area contributed by atoms with Gasteiger partial charge in [-0.05, 0) is 25.2 Å². The summed E-state index contributed by atoms with van der Waals surface area (Å²) in [6.45, 7) is 7.07. The number of carbonyl (C=O) groups excluding carboxylic acids is 2. The van der Waals surface area contributed by atoms with E-state index in [2.05, 4.69) is 10.4 Å². The predicted octanol–water partition coefficient (Wildman–Crippen LogP) is 1.46. The summed E-state index contributed by atoms with van der Waals surface area (Å²) in [5.74, 6) is -3.70. The van der Waals surface area contributed by atoms with Crippen molar-refractivity contribution in [3.05, 3.63) is 27.4 Å². The van der Waals surface area contributed by atoms with E-state index in [1.54, 1.807) is 6.92 Å². The lowest BCUT2D eigenvalue weighted by atomic mass is 9.97. The molecule has 3 rings (SSSR count). The van der Waals surface area contributed by atoms with E-state index in [-0.39, 0.29) is 19.2 Å². The molecule has 152 valence electrons. The minimum absolute atomic E-state index is 0.00195. The van der Waals surface area contributed by atoms with Gasteiger partial charge in [-0.15, -0.1) is 0 Å². The van der Waals surface area contributed by atoms with E-state index < -0.39 is 51.5 Å². The highest BCUT2D eigenvalue weighted by Crippen LogP contribution is 2.26. The number of nitrogens with one attached hydrogen (secondary N) is 1. The molecule has 2 aromatic heterocycles. The van der Waals surface area contributed by atoms with Gasteiger partial charge in [0.2, 0.25) is 17.4 Å². The fourth-order valence-corrected chi connectivity index (χ4v) is 2.84. The molecule has 2 heterocycles. The number of hydrogen-bond donors (Lipinski definition) is 2. The summed E-state index contributed by atoms with van der Waals surface area (Å²) in [5.41, 5.74) is -2.93. The molecule has 0 atom stereocenters. The number of fused-ring (bicyclic) bond motifs is 1. The first kappa shape index (κ1) is 19.8. The van der Waals surface area contributed by atoms with Crippen molar-refractivity contribution in [1.82, 2.24) is 19.5 Å². The van der Waals surface area contributed by atoms with Crippen molar-refractivity contribution in [2.24, 2.45) is 5.41 Å². The lowest BCUT2D eigenvalue weighted by Crippen LogP contribution is -2.37. The van der Waals surface area contributed by atoms with Crippen LogP contribution in [-0.4, -0.2) is 43.8 Å². The Hall–Kier alpha value is -2.91. The van der Waals surface area contributed by atoms with Crippen LogP contribution in [0.3, 0.4) is 0 Å². The van der Waals surface area contributed by atoms with Crippen LogP contribution < -0.4 is 10.9 Å². The van der Waals surface area contributed by atoms with Gasteiger partial charge in [0.1, 0.15) is 0 Å². The second-order valence-electron chi connectivity index (χ2n) is 8.02. The number of nitrogens with zero attached hydrogens (tertiary/aromatic N) is 3. The molecule has 0 radical (unpaired) electrons. The average molecular weight is 394 g/mol. The molecule has 2 aromatic rings. The molecule has 0 spiro atoms. The number of hydrogen-bond acceptors (Lipinski definition) is 6. The topological polar surface area (TPSA) is 115 Å². The highest BCUT2D eigenvalue weighted by molar-refractivity contribution is 5.97. The summed E-state index contributed by atoms with van der Waals surface area (Å²) < 4.78 is 21.5. The van der Waals surface area contributed by atoms with E-state index in [4.69, 9.17) is 4.74 Å². The SMILES string of the molecule is CCOC(=O)c1nn2c(O)c(C(=O)NC3CC3)c(=O)n(CC(C)(C)C)c2c1F. The molecule has 10 heteroatoms. The Bertz CT molecular complexity index is 1010. The number of aromatic hydroxyl groups is 1. The van der Waals surface area contributed by atoms with E-state index >= 15 is 0 Å². The lowest BCUT2D eigenvalue weighted by molar-refractivity contribution is 0.0513. The Morgan fingerprint density at radius 2 is 2.00 bits per heavy atom. The first-order valence-electron chi connectivity index (χ1n) is 9.07. The van der Waals surface area contributed by atoms with Crippen LogP contribution in [0.15, 0.2) is 4.79 Å². The van der Waals surface area contributed by atoms with E-state index in [0.717, 1.165) is 17.4 Å². The van der Waals surface area contributed by atoms with E-state index in [0.29, 0.717) is 4.52 Å². The molecule has 28 heavy (non-hydrogen) atoms. The third-order valence-corrected chi connectivity index (χ3v) is 4.18. The van der Waals surface area contributed by atoms with Crippen LogP contribution >= 0.6 is 0 Å². The number of aromatic nitrogens is 3. The Morgan fingerprint density at radius 1 is 1.36 bits per heavy atom. The van der Waals surface area contributed by atoms with Crippen LogP contribution in [0.2, 0.25) is 0 Å². The average Bonchev–Trinajstić information content (AvgIpc) is 3.31. The predicted molar refractivity (Wildman–Crippen MR) is 97.0 cm³/mol. The van der Waals surface area contributed by atoms with Gasteiger partial charge >= 0.3 is 5.97 Å². The van der Waals surface area contributed by atoms with Gasteiger partial charge in [0, 0.05) is 12.6 Å². The van der Waals surface area contributed by atoms with Crippen molar-refractivity contribution in [2.75, 3.05) is 6.61 Å². The van der Waals surface area contributed by atoms with Crippen molar-refractivity contribution in [1.29, 1.82) is 0 Å². The van der Waals surface area contributed by atoms with E-state index in [1.165, 1.54) is 0 Å². The molecule has 1 fully saturated rings. The molecular weight excluding hydrogens is 371 g/mol. The molecule has 0 unspecified atom stereocenters. The molecule has 0 aliphatic heterocycles. The molecule has 0 aromatic carbocycles. The van der Waals surface area contributed by atoms with Crippen molar-refractivity contribution >= 4 is 17.5 Å². The normalized spacial score (nSPS) is 14.3. The largest absolute Gasteiger partial charge is 0.492 e. The molecule has 9 nitrogen and oxygen atoms in total. The maximum Gasteiger partial charge on any atom is 0.362 e. The first-order chi connectivity index (χ1) is 13.0. The summed E-state index contributed by atoms with van der Waals surface area (Å²) in [5, 5.41) is 16.9. The molecular formula is C18H23FN4O5. The van der Waals surface area contributed by atoms with E-state index in [1.807, 2.05) is 20.8 Å². The van der Waals surface area contributed by atoms with Crippen LogP contribution in [0.5, 0.6) is 5.88 Å². The molecule has 1 aliphatic carbocycles. The number of esters is 1. The Morgan fingerprint density at radius 3 is 2.54 bits per heavy atom. The Kier molecular flexibility index (Phi) is 4.90. The van der Waals surface area contributed by atoms with Gasteiger partial charge < -0.3 is 15.2 Å². The molecule has 1 saturated carbocycles. The van der Waals surface area contributed by atoms with E-state index in [9.17, 15) is 23.9 Å². The van der Waals surface area contributed by atoms with Crippen molar-refractivity contribution < 1.29 is 23.8 Å². The second kappa shape index (κ2) is 6.92. The quantitative estimate of drug-likeness (QED) is 0.742. The fraction of sp³-hybridized carbons (Fsp3) is 0.556. The number of ether oxygens (including phenoxy) is 1. The number of carbonyl (C=O) groups is 2. The van der Waals surface area contributed by atoms with Crippen LogP contribution in [0.1, 0.15) is 61.4 Å². The first-order valence-corrected chi connectivity index (χ1v) is 9.07. The van der Waals surface area contributed by atoms with Gasteiger partial charge in [-0.25, -0.2) is 9.18 Å². The van der Waals surface area contributed by atoms with Crippen LogP contribution in [-0.2, 0) is 11.3 Å². The lowest BCUT2D eigenvalue weighted by Gasteiger charge is -2.21. The summed E-state index contributed by atoms with van der Waals surface area (Å²) in [6, 6.07) is -0.0532. The van der Waals surface area contributed by atoms with Gasteiger partial charge in [0.25, 0.3) is 11.5 Å².